The lowest BCUT2D eigenvalue weighted by Gasteiger charge is -2.13. The fourth-order valence-electron chi connectivity index (χ4n) is 2.86. The van der Waals surface area contributed by atoms with Crippen molar-refractivity contribution in [2.24, 2.45) is 0 Å². The van der Waals surface area contributed by atoms with Crippen molar-refractivity contribution in [1.29, 1.82) is 0 Å². The molecular formula is C22H23N3O2S. The lowest BCUT2D eigenvalue weighted by molar-refractivity contribution is -0.116. The van der Waals surface area contributed by atoms with E-state index in [0.717, 1.165) is 16.8 Å². The van der Waals surface area contributed by atoms with Gasteiger partial charge in [0.05, 0.1) is 5.69 Å². The quantitative estimate of drug-likeness (QED) is 0.644. The maximum absolute atomic E-state index is 12.3. The summed E-state index contributed by atoms with van der Waals surface area (Å²) in [5.74, 6) is -0.366. The summed E-state index contributed by atoms with van der Waals surface area (Å²) in [6.45, 7) is 5.90. The highest BCUT2D eigenvalue weighted by molar-refractivity contribution is 7.14. The summed E-state index contributed by atoms with van der Waals surface area (Å²) in [6, 6.07) is 14.9. The highest BCUT2D eigenvalue weighted by Crippen LogP contribution is 2.28. The van der Waals surface area contributed by atoms with Crippen molar-refractivity contribution in [3.05, 3.63) is 70.6 Å². The van der Waals surface area contributed by atoms with E-state index in [9.17, 15) is 9.59 Å². The topological polar surface area (TPSA) is 71.1 Å². The SMILES string of the molecule is Cc1ccc(C)c(-c2csc(NC(=O)CC(C)NC(=O)c3ccccc3)n2)c1. The number of hydrogen-bond acceptors (Lipinski definition) is 4. The third-order valence-electron chi connectivity index (χ3n) is 4.32. The van der Waals surface area contributed by atoms with Crippen LogP contribution in [-0.2, 0) is 4.79 Å². The molecule has 0 spiro atoms. The summed E-state index contributed by atoms with van der Waals surface area (Å²) in [5.41, 5.74) is 4.81. The molecule has 3 aromatic rings. The summed E-state index contributed by atoms with van der Waals surface area (Å²) < 4.78 is 0. The maximum Gasteiger partial charge on any atom is 0.251 e. The maximum atomic E-state index is 12.3. The largest absolute Gasteiger partial charge is 0.349 e. The van der Waals surface area contributed by atoms with Crippen LogP contribution in [0, 0.1) is 13.8 Å². The van der Waals surface area contributed by atoms with Crippen LogP contribution in [0.5, 0.6) is 0 Å². The van der Waals surface area contributed by atoms with E-state index < -0.39 is 0 Å². The Morgan fingerprint density at radius 3 is 2.61 bits per heavy atom. The van der Waals surface area contributed by atoms with E-state index in [2.05, 4.69) is 33.8 Å². The molecule has 1 heterocycles. The molecular weight excluding hydrogens is 370 g/mol. The van der Waals surface area contributed by atoms with Gasteiger partial charge in [0.1, 0.15) is 0 Å². The van der Waals surface area contributed by atoms with Crippen LogP contribution in [-0.4, -0.2) is 22.8 Å². The average Bonchev–Trinajstić information content (AvgIpc) is 3.12. The Morgan fingerprint density at radius 2 is 1.86 bits per heavy atom. The zero-order valence-electron chi connectivity index (χ0n) is 16.2. The van der Waals surface area contributed by atoms with Gasteiger partial charge in [-0.15, -0.1) is 11.3 Å². The van der Waals surface area contributed by atoms with Crippen LogP contribution in [0.4, 0.5) is 5.13 Å². The van der Waals surface area contributed by atoms with Crippen molar-refractivity contribution >= 4 is 28.3 Å². The molecule has 0 aliphatic heterocycles. The molecule has 0 saturated carbocycles. The van der Waals surface area contributed by atoms with E-state index in [4.69, 9.17) is 0 Å². The molecule has 2 amide bonds. The number of carbonyl (C=O) groups excluding carboxylic acids is 2. The number of thiazole rings is 1. The first-order chi connectivity index (χ1) is 13.4. The van der Waals surface area contributed by atoms with Gasteiger partial charge in [-0.1, -0.05) is 35.9 Å². The van der Waals surface area contributed by atoms with Crippen molar-refractivity contribution < 1.29 is 9.59 Å². The molecule has 2 N–H and O–H groups in total. The van der Waals surface area contributed by atoms with Gasteiger partial charge >= 0.3 is 0 Å². The van der Waals surface area contributed by atoms with E-state index in [1.165, 1.54) is 16.9 Å². The smallest absolute Gasteiger partial charge is 0.251 e. The molecule has 5 nitrogen and oxygen atoms in total. The first kappa shape index (κ1) is 19.8. The molecule has 0 bridgehead atoms. The van der Waals surface area contributed by atoms with E-state index in [1.54, 1.807) is 12.1 Å². The molecule has 0 fully saturated rings. The van der Waals surface area contributed by atoms with Gasteiger partial charge in [0.25, 0.3) is 5.91 Å². The number of benzene rings is 2. The second-order valence-corrected chi connectivity index (χ2v) is 7.71. The van der Waals surface area contributed by atoms with Crippen molar-refractivity contribution in [2.45, 2.75) is 33.2 Å². The van der Waals surface area contributed by atoms with Crippen LogP contribution >= 0.6 is 11.3 Å². The second-order valence-electron chi connectivity index (χ2n) is 6.85. The van der Waals surface area contributed by atoms with Crippen LogP contribution in [0.3, 0.4) is 0 Å². The predicted molar refractivity (Wildman–Crippen MR) is 114 cm³/mol. The monoisotopic (exact) mass is 393 g/mol. The Morgan fingerprint density at radius 1 is 1.11 bits per heavy atom. The molecule has 28 heavy (non-hydrogen) atoms. The molecule has 2 aromatic carbocycles. The molecule has 0 saturated heterocycles. The normalized spacial score (nSPS) is 11.7. The van der Waals surface area contributed by atoms with Crippen molar-refractivity contribution in [3.63, 3.8) is 0 Å². The zero-order valence-corrected chi connectivity index (χ0v) is 17.0. The van der Waals surface area contributed by atoms with Crippen LogP contribution in [0.2, 0.25) is 0 Å². The Kier molecular flexibility index (Phi) is 6.21. The summed E-state index contributed by atoms with van der Waals surface area (Å²) in [7, 11) is 0. The molecule has 1 aromatic heterocycles. The zero-order chi connectivity index (χ0) is 20.1. The summed E-state index contributed by atoms with van der Waals surface area (Å²) in [6.07, 6.45) is 0.178. The molecule has 0 aliphatic rings. The van der Waals surface area contributed by atoms with Crippen molar-refractivity contribution in [1.82, 2.24) is 10.3 Å². The molecule has 0 aliphatic carbocycles. The van der Waals surface area contributed by atoms with E-state index >= 15 is 0 Å². The van der Waals surface area contributed by atoms with Crippen LogP contribution in [0.25, 0.3) is 11.3 Å². The summed E-state index contributed by atoms with van der Waals surface area (Å²) in [5, 5.41) is 8.17. The fraction of sp³-hybridized carbons (Fsp3) is 0.227. The molecule has 6 heteroatoms. The molecule has 1 atom stereocenters. The van der Waals surface area contributed by atoms with Gasteiger partial charge in [0, 0.05) is 29.0 Å². The highest BCUT2D eigenvalue weighted by atomic mass is 32.1. The average molecular weight is 394 g/mol. The molecule has 1 unspecified atom stereocenters. The number of anilines is 1. The van der Waals surface area contributed by atoms with E-state index in [0.29, 0.717) is 10.7 Å². The predicted octanol–water partition coefficient (Wildman–Crippen LogP) is 4.57. The first-order valence-electron chi connectivity index (χ1n) is 9.11. The molecule has 0 radical (unpaired) electrons. The minimum atomic E-state index is -0.286. The summed E-state index contributed by atoms with van der Waals surface area (Å²) in [4.78, 5) is 29.0. The van der Waals surface area contributed by atoms with Crippen molar-refractivity contribution in [3.8, 4) is 11.3 Å². The number of rotatable bonds is 6. The van der Waals surface area contributed by atoms with Crippen LogP contribution in [0.1, 0.15) is 34.8 Å². The second kappa shape index (κ2) is 8.80. The van der Waals surface area contributed by atoms with Gasteiger partial charge in [0.2, 0.25) is 5.91 Å². The third kappa shape index (κ3) is 5.04. The van der Waals surface area contributed by atoms with Gasteiger partial charge in [0.15, 0.2) is 5.13 Å². The third-order valence-corrected chi connectivity index (χ3v) is 5.08. The number of aryl methyl sites for hydroxylation is 2. The Hall–Kier alpha value is -2.99. The number of carbonyl (C=O) groups is 2. The van der Waals surface area contributed by atoms with Gasteiger partial charge in [-0.3, -0.25) is 9.59 Å². The lowest BCUT2D eigenvalue weighted by atomic mass is 10.0. The minimum absolute atomic E-state index is 0.178. The number of nitrogens with zero attached hydrogens (tertiary/aromatic N) is 1. The Labute approximate surface area is 168 Å². The van der Waals surface area contributed by atoms with Crippen LogP contribution < -0.4 is 10.6 Å². The number of aromatic nitrogens is 1. The minimum Gasteiger partial charge on any atom is -0.349 e. The number of hydrogen-bond donors (Lipinski definition) is 2. The van der Waals surface area contributed by atoms with Crippen LogP contribution in [0.15, 0.2) is 53.9 Å². The standard InChI is InChI=1S/C22H23N3O2S/c1-14-9-10-15(2)18(11-14)19-13-28-22(24-19)25-20(26)12-16(3)23-21(27)17-7-5-4-6-8-17/h4-11,13,16H,12H2,1-3H3,(H,23,27)(H,24,25,26). The molecule has 3 rings (SSSR count). The van der Waals surface area contributed by atoms with E-state index in [-0.39, 0.29) is 24.3 Å². The highest BCUT2D eigenvalue weighted by Gasteiger charge is 2.15. The Bertz CT molecular complexity index is 982. The van der Waals surface area contributed by atoms with Gasteiger partial charge < -0.3 is 10.6 Å². The van der Waals surface area contributed by atoms with Crippen molar-refractivity contribution in [2.75, 3.05) is 5.32 Å². The molecule has 144 valence electrons. The van der Waals surface area contributed by atoms with Gasteiger partial charge in [-0.05, 0) is 44.5 Å². The lowest BCUT2D eigenvalue weighted by Crippen LogP contribution is -2.35. The number of nitrogens with one attached hydrogen (secondary N) is 2. The fourth-order valence-corrected chi connectivity index (χ4v) is 3.59. The number of amides is 2. The van der Waals surface area contributed by atoms with Gasteiger partial charge in [-0.25, -0.2) is 4.98 Å². The summed E-state index contributed by atoms with van der Waals surface area (Å²) >= 11 is 1.39. The first-order valence-corrected chi connectivity index (χ1v) is 9.99. The van der Waals surface area contributed by atoms with Gasteiger partial charge in [-0.2, -0.15) is 0 Å². The Balaban J connectivity index is 1.57. The van der Waals surface area contributed by atoms with E-state index in [1.807, 2.05) is 44.4 Å².